The molecule has 5 rings (SSSR count). The molecule has 31 heavy (non-hydrogen) atoms. The van der Waals surface area contributed by atoms with Crippen LogP contribution in [0.25, 0.3) is 0 Å². The summed E-state index contributed by atoms with van der Waals surface area (Å²) in [4.78, 5) is 12.7. The van der Waals surface area contributed by atoms with Gasteiger partial charge < -0.3 is 0 Å². The summed E-state index contributed by atoms with van der Waals surface area (Å²) in [5.41, 5.74) is 2.19. The normalized spacial score (nSPS) is 59.0. The van der Waals surface area contributed by atoms with Crippen LogP contribution in [0.3, 0.4) is 0 Å². The summed E-state index contributed by atoms with van der Waals surface area (Å²) in [5, 5.41) is 0. The van der Waals surface area contributed by atoms with Crippen LogP contribution in [0.1, 0.15) is 120 Å². The Hall–Kier alpha value is -0.330. The lowest BCUT2D eigenvalue weighted by atomic mass is 9.31. The lowest BCUT2D eigenvalue weighted by Gasteiger charge is -2.73. The van der Waals surface area contributed by atoms with Gasteiger partial charge in [-0.3, -0.25) is 4.79 Å². The summed E-state index contributed by atoms with van der Waals surface area (Å²) >= 11 is 0. The summed E-state index contributed by atoms with van der Waals surface area (Å²) in [5.74, 6) is 5.04. The van der Waals surface area contributed by atoms with Gasteiger partial charge in [-0.15, -0.1) is 0 Å². The minimum Gasteiger partial charge on any atom is -0.299 e. The van der Waals surface area contributed by atoms with Gasteiger partial charge in [-0.25, -0.2) is 0 Å². The molecule has 5 saturated carbocycles. The Kier molecular flexibility index (Phi) is 4.80. The summed E-state index contributed by atoms with van der Waals surface area (Å²) in [6, 6.07) is 0. The standard InChI is InChI=1S/C30H50O/c1-19(2)21-11-13-26(4)15-17-29(7)24-12-14-27(5)20(3)22(31)9-10-23(27)28(24,6)16-18-30(29,8)25(21)26/h19-21,23-25H,9-18H2,1-8H3/t20-,21+,23+,24-,25+,26+,27+,28-,29+,30+/m0/s1. The van der Waals surface area contributed by atoms with Gasteiger partial charge in [-0.1, -0.05) is 55.4 Å². The van der Waals surface area contributed by atoms with Crippen molar-refractivity contribution in [2.75, 3.05) is 0 Å². The molecule has 5 aliphatic rings. The Morgan fingerprint density at radius 3 is 2.10 bits per heavy atom. The van der Waals surface area contributed by atoms with Gasteiger partial charge in [0.2, 0.25) is 0 Å². The van der Waals surface area contributed by atoms with Crippen LogP contribution in [0.4, 0.5) is 0 Å². The van der Waals surface area contributed by atoms with Gasteiger partial charge >= 0.3 is 0 Å². The smallest absolute Gasteiger partial charge is 0.136 e. The van der Waals surface area contributed by atoms with E-state index in [0.29, 0.717) is 27.4 Å². The second kappa shape index (κ2) is 6.63. The Morgan fingerprint density at radius 1 is 0.742 bits per heavy atom. The molecule has 0 N–H and O–H groups in total. The van der Waals surface area contributed by atoms with E-state index in [0.717, 1.165) is 42.4 Å². The number of hydrogen-bond donors (Lipinski definition) is 0. The van der Waals surface area contributed by atoms with E-state index < -0.39 is 0 Å². The maximum atomic E-state index is 12.7. The molecule has 176 valence electrons. The minimum atomic E-state index is 0.238. The van der Waals surface area contributed by atoms with Crippen molar-refractivity contribution in [3.8, 4) is 0 Å². The monoisotopic (exact) mass is 426 g/mol. The lowest BCUT2D eigenvalue weighted by Crippen LogP contribution is -2.67. The maximum Gasteiger partial charge on any atom is 0.136 e. The average Bonchev–Trinajstić information content (AvgIpc) is 3.06. The van der Waals surface area contributed by atoms with Crippen LogP contribution in [0.2, 0.25) is 0 Å². The fourth-order valence-corrected chi connectivity index (χ4v) is 11.7. The first-order valence-electron chi connectivity index (χ1n) is 13.9. The Labute approximate surface area is 192 Å². The first-order valence-corrected chi connectivity index (χ1v) is 13.9. The molecule has 0 spiro atoms. The van der Waals surface area contributed by atoms with Crippen molar-refractivity contribution in [3.63, 3.8) is 0 Å². The molecule has 0 radical (unpaired) electrons. The largest absolute Gasteiger partial charge is 0.299 e. The van der Waals surface area contributed by atoms with E-state index in [9.17, 15) is 4.79 Å². The van der Waals surface area contributed by atoms with Gasteiger partial charge in [0, 0.05) is 12.3 Å². The van der Waals surface area contributed by atoms with Crippen LogP contribution in [0.15, 0.2) is 0 Å². The van der Waals surface area contributed by atoms with Gasteiger partial charge in [-0.2, -0.15) is 0 Å². The number of carbonyl (C=O) groups excluding carboxylic acids is 1. The molecule has 10 atom stereocenters. The molecule has 1 nitrogen and oxygen atoms in total. The van der Waals surface area contributed by atoms with Gasteiger partial charge in [0.1, 0.15) is 5.78 Å². The molecule has 0 aromatic carbocycles. The molecular weight excluding hydrogens is 376 g/mol. The van der Waals surface area contributed by atoms with E-state index in [1.54, 1.807) is 0 Å². The lowest BCUT2D eigenvalue weighted by molar-refractivity contribution is -0.247. The van der Waals surface area contributed by atoms with Crippen molar-refractivity contribution < 1.29 is 4.79 Å². The Morgan fingerprint density at radius 2 is 1.42 bits per heavy atom. The van der Waals surface area contributed by atoms with Crippen LogP contribution >= 0.6 is 0 Å². The maximum absolute atomic E-state index is 12.7. The Bertz CT molecular complexity index is 768. The van der Waals surface area contributed by atoms with E-state index in [-0.39, 0.29) is 11.3 Å². The highest BCUT2D eigenvalue weighted by atomic mass is 16.1. The number of rotatable bonds is 1. The summed E-state index contributed by atoms with van der Waals surface area (Å²) in [6.07, 6.45) is 13.3. The van der Waals surface area contributed by atoms with Crippen LogP contribution < -0.4 is 0 Å². The molecule has 0 bridgehead atoms. The molecule has 0 aromatic heterocycles. The van der Waals surface area contributed by atoms with Crippen molar-refractivity contribution in [1.82, 2.24) is 0 Å². The van der Waals surface area contributed by atoms with Crippen molar-refractivity contribution in [1.29, 1.82) is 0 Å². The predicted octanol–water partition coefficient (Wildman–Crippen LogP) is 8.31. The van der Waals surface area contributed by atoms with Gasteiger partial charge in [0.25, 0.3) is 0 Å². The molecular formula is C30H50O. The van der Waals surface area contributed by atoms with Gasteiger partial charge in [0.05, 0.1) is 0 Å². The first-order chi connectivity index (χ1) is 14.3. The van der Waals surface area contributed by atoms with Crippen molar-refractivity contribution in [2.45, 2.75) is 120 Å². The molecule has 5 fully saturated rings. The average molecular weight is 427 g/mol. The number of Topliss-reactive ketones (excluding diaryl/α,β-unsaturated/α-hetero) is 1. The van der Waals surface area contributed by atoms with Gasteiger partial charge in [0.15, 0.2) is 0 Å². The van der Waals surface area contributed by atoms with E-state index >= 15 is 0 Å². The van der Waals surface area contributed by atoms with Crippen molar-refractivity contribution >= 4 is 5.78 Å². The minimum absolute atomic E-state index is 0.238. The summed E-state index contributed by atoms with van der Waals surface area (Å²) < 4.78 is 0. The van der Waals surface area contributed by atoms with Crippen LogP contribution in [-0.4, -0.2) is 5.78 Å². The summed E-state index contributed by atoms with van der Waals surface area (Å²) in [6.45, 7) is 20.7. The van der Waals surface area contributed by atoms with E-state index in [1.165, 1.54) is 51.4 Å². The zero-order valence-corrected chi connectivity index (χ0v) is 21.9. The fourth-order valence-electron chi connectivity index (χ4n) is 11.7. The second-order valence-electron chi connectivity index (χ2n) is 14.8. The molecule has 0 heterocycles. The number of ketones is 1. The van der Waals surface area contributed by atoms with E-state index in [1.807, 2.05) is 0 Å². The molecule has 0 saturated heterocycles. The van der Waals surface area contributed by atoms with Crippen LogP contribution in [-0.2, 0) is 4.79 Å². The van der Waals surface area contributed by atoms with E-state index in [2.05, 4.69) is 55.4 Å². The zero-order valence-electron chi connectivity index (χ0n) is 21.9. The van der Waals surface area contributed by atoms with Crippen molar-refractivity contribution in [2.24, 2.45) is 62.6 Å². The summed E-state index contributed by atoms with van der Waals surface area (Å²) in [7, 11) is 0. The van der Waals surface area contributed by atoms with Gasteiger partial charge in [-0.05, 0) is 114 Å². The second-order valence-corrected chi connectivity index (χ2v) is 14.8. The van der Waals surface area contributed by atoms with Crippen LogP contribution in [0, 0.1) is 62.6 Å². The topological polar surface area (TPSA) is 17.1 Å². The molecule has 0 amide bonds. The third-order valence-electron chi connectivity index (χ3n) is 13.8. The highest BCUT2D eigenvalue weighted by molar-refractivity contribution is 5.82. The molecule has 0 aromatic rings. The predicted molar refractivity (Wildman–Crippen MR) is 130 cm³/mol. The number of fused-ring (bicyclic) bond motifs is 7. The third-order valence-corrected chi connectivity index (χ3v) is 13.8. The van der Waals surface area contributed by atoms with E-state index in [4.69, 9.17) is 0 Å². The number of hydrogen-bond acceptors (Lipinski definition) is 1. The SMILES string of the molecule is CC(C)[C@H]1CC[C@]2(C)CC[C@]3(C)[C@H]4CC[C@@]5(C)[C@@H](CCC(=O)[C@@H]5C)[C@]4(C)CC[C@]3(C)[C@H]12. The quantitative estimate of drug-likeness (QED) is 0.412. The Balaban J connectivity index is 1.56. The zero-order chi connectivity index (χ0) is 22.6. The highest BCUT2D eigenvalue weighted by Crippen LogP contribution is 2.79. The first kappa shape index (κ1) is 22.5. The third kappa shape index (κ3) is 2.59. The molecule has 0 aliphatic heterocycles. The van der Waals surface area contributed by atoms with Crippen molar-refractivity contribution in [3.05, 3.63) is 0 Å². The van der Waals surface area contributed by atoms with Crippen LogP contribution in [0.5, 0.6) is 0 Å². The number of carbonyl (C=O) groups is 1. The fraction of sp³-hybridized carbons (Fsp3) is 0.967. The molecule has 1 heteroatoms. The molecule has 5 aliphatic carbocycles. The molecule has 0 unspecified atom stereocenters. The highest BCUT2D eigenvalue weighted by Gasteiger charge is 2.71.